The van der Waals surface area contributed by atoms with Crippen molar-refractivity contribution in [3.63, 3.8) is 0 Å². The third-order valence-electron chi connectivity index (χ3n) is 2.20. The van der Waals surface area contributed by atoms with Gasteiger partial charge in [0.25, 0.3) is 10.0 Å². The number of nitrogens with zero attached hydrogens (tertiary/aromatic N) is 1. The standard InChI is InChI=1S/C11H8F2N2O3S/c12-7-3-4-10(8(13)6-7)19(17,18)15-11-9(16)2-1-5-14-11/h1-6,16H,(H,14,15). The zero-order valence-electron chi connectivity index (χ0n) is 9.34. The molecule has 0 aliphatic carbocycles. The Hall–Kier alpha value is -2.22. The summed E-state index contributed by atoms with van der Waals surface area (Å²) in [7, 11) is -4.30. The van der Waals surface area contributed by atoms with Gasteiger partial charge in [-0.3, -0.25) is 4.72 Å². The quantitative estimate of drug-likeness (QED) is 0.902. The van der Waals surface area contributed by atoms with E-state index in [0.29, 0.717) is 6.07 Å². The minimum absolute atomic E-state index is 0.341. The highest BCUT2D eigenvalue weighted by Gasteiger charge is 2.21. The Balaban J connectivity index is 2.41. The van der Waals surface area contributed by atoms with Crippen molar-refractivity contribution < 1.29 is 22.3 Å². The number of benzene rings is 1. The molecule has 8 heteroatoms. The average molecular weight is 286 g/mol. The Bertz CT molecular complexity index is 720. The predicted molar refractivity (Wildman–Crippen MR) is 63.1 cm³/mol. The van der Waals surface area contributed by atoms with Gasteiger partial charge in [-0.15, -0.1) is 0 Å². The second-order valence-corrected chi connectivity index (χ2v) is 5.20. The summed E-state index contributed by atoms with van der Waals surface area (Å²) in [5, 5.41) is 9.39. The number of hydrogen-bond donors (Lipinski definition) is 2. The fourth-order valence-corrected chi connectivity index (χ4v) is 2.44. The van der Waals surface area contributed by atoms with Gasteiger partial charge in [0.15, 0.2) is 11.6 Å². The van der Waals surface area contributed by atoms with E-state index in [0.717, 1.165) is 12.1 Å². The van der Waals surface area contributed by atoms with E-state index < -0.39 is 32.3 Å². The van der Waals surface area contributed by atoms with Gasteiger partial charge in [-0.1, -0.05) is 0 Å². The van der Waals surface area contributed by atoms with Crippen molar-refractivity contribution in [1.29, 1.82) is 0 Å². The van der Waals surface area contributed by atoms with Gasteiger partial charge in [-0.25, -0.2) is 22.2 Å². The van der Waals surface area contributed by atoms with Crippen LogP contribution in [0.1, 0.15) is 0 Å². The minimum Gasteiger partial charge on any atom is -0.504 e. The number of nitrogens with one attached hydrogen (secondary N) is 1. The van der Waals surface area contributed by atoms with Crippen LogP contribution in [-0.4, -0.2) is 18.5 Å². The second kappa shape index (κ2) is 4.81. The summed E-state index contributed by atoms with van der Waals surface area (Å²) in [6.45, 7) is 0. The Morgan fingerprint density at radius 1 is 1.21 bits per heavy atom. The number of aromatic hydroxyl groups is 1. The normalized spacial score (nSPS) is 11.3. The van der Waals surface area contributed by atoms with Gasteiger partial charge in [0.05, 0.1) is 0 Å². The molecule has 0 radical (unpaired) electrons. The SMILES string of the molecule is O=S(=O)(Nc1ncccc1O)c1ccc(F)cc1F. The van der Waals surface area contributed by atoms with E-state index >= 15 is 0 Å². The van der Waals surface area contributed by atoms with E-state index in [1.807, 2.05) is 4.72 Å². The Morgan fingerprint density at radius 2 is 1.95 bits per heavy atom. The molecular formula is C11H8F2N2O3S. The zero-order chi connectivity index (χ0) is 14.0. The van der Waals surface area contributed by atoms with Crippen LogP contribution in [0.3, 0.4) is 0 Å². The molecule has 1 heterocycles. The van der Waals surface area contributed by atoms with Crippen LogP contribution in [0.25, 0.3) is 0 Å². The van der Waals surface area contributed by atoms with Gasteiger partial charge in [-0.2, -0.15) is 0 Å². The molecule has 0 bridgehead atoms. The topological polar surface area (TPSA) is 79.3 Å². The molecule has 0 unspecified atom stereocenters. The number of pyridine rings is 1. The van der Waals surface area contributed by atoms with E-state index in [2.05, 4.69) is 4.98 Å². The number of sulfonamides is 1. The van der Waals surface area contributed by atoms with E-state index in [-0.39, 0.29) is 5.82 Å². The van der Waals surface area contributed by atoms with Crippen molar-refractivity contribution in [2.45, 2.75) is 4.90 Å². The first-order chi connectivity index (χ1) is 8.90. The van der Waals surface area contributed by atoms with Gasteiger partial charge in [-0.05, 0) is 24.3 Å². The van der Waals surface area contributed by atoms with Crippen LogP contribution in [-0.2, 0) is 10.0 Å². The number of hydrogen-bond acceptors (Lipinski definition) is 4. The zero-order valence-corrected chi connectivity index (χ0v) is 10.2. The molecule has 100 valence electrons. The van der Waals surface area contributed by atoms with Crippen molar-refractivity contribution in [2.75, 3.05) is 4.72 Å². The number of anilines is 1. The maximum Gasteiger partial charge on any atom is 0.266 e. The van der Waals surface area contributed by atoms with Gasteiger partial charge in [0.1, 0.15) is 16.5 Å². The van der Waals surface area contributed by atoms with Crippen LogP contribution in [0.15, 0.2) is 41.4 Å². The van der Waals surface area contributed by atoms with Crippen LogP contribution >= 0.6 is 0 Å². The van der Waals surface area contributed by atoms with Gasteiger partial charge < -0.3 is 5.11 Å². The third-order valence-corrected chi connectivity index (χ3v) is 3.57. The lowest BCUT2D eigenvalue weighted by Crippen LogP contribution is -2.15. The Morgan fingerprint density at radius 3 is 2.58 bits per heavy atom. The molecule has 1 aromatic heterocycles. The summed E-state index contributed by atoms with van der Waals surface area (Å²) in [4.78, 5) is 2.86. The van der Waals surface area contributed by atoms with Gasteiger partial charge in [0, 0.05) is 12.3 Å². The molecule has 0 aliphatic heterocycles. The predicted octanol–water partition coefficient (Wildman–Crippen LogP) is 1.87. The highest BCUT2D eigenvalue weighted by Crippen LogP contribution is 2.23. The molecule has 5 nitrogen and oxygen atoms in total. The average Bonchev–Trinajstić information content (AvgIpc) is 2.31. The molecule has 0 fully saturated rings. The summed E-state index contributed by atoms with van der Waals surface area (Å²) in [6.07, 6.45) is 1.25. The molecule has 2 rings (SSSR count). The van der Waals surface area contributed by atoms with Crippen LogP contribution < -0.4 is 4.72 Å². The number of aromatic nitrogens is 1. The fourth-order valence-electron chi connectivity index (χ4n) is 1.35. The van der Waals surface area contributed by atoms with Crippen LogP contribution in [0.5, 0.6) is 5.75 Å². The molecule has 2 N–H and O–H groups in total. The van der Waals surface area contributed by atoms with E-state index in [4.69, 9.17) is 0 Å². The number of halogens is 2. The number of rotatable bonds is 3. The first-order valence-corrected chi connectivity index (χ1v) is 6.50. The van der Waals surface area contributed by atoms with E-state index in [1.54, 1.807) is 0 Å². The Labute approximate surface area is 107 Å². The first-order valence-electron chi connectivity index (χ1n) is 5.02. The molecule has 0 aliphatic rings. The van der Waals surface area contributed by atoms with Crippen molar-refractivity contribution in [1.82, 2.24) is 4.98 Å². The largest absolute Gasteiger partial charge is 0.504 e. The summed E-state index contributed by atoms with van der Waals surface area (Å²) >= 11 is 0. The monoisotopic (exact) mass is 286 g/mol. The molecule has 19 heavy (non-hydrogen) atoms. The lowest BCUT2D eigenvalue weighted by atomic mass is 10.3. The molecule has 0 spiro atoms. The maximum atomic E-state index is 13.4. The lowest BCUT2D eigenvalue weighted by Gasteiger charge is -2.09. The lowest BCUT2D eigenvalue weighted by molar-refractivity contribution is 0.475. The first kappa shape index (κ1) is 13.2. The molecule has 0 amide bonds. The summed E-state index contributed by atoms with van der Waals surface area (Å²) in [5.41, 5.74) is 0. The minimum atomic E-state index is -4.30. The fraction of sp³-hybridized carbons (Fsp3) is 0. The Kier molecular flexibility index (Phi) is 3.34. The molecular weight excluding hydrogens is 278 g/mol. The molecule has 2 aromatic rings. The van der Waals surface area contributed by atoms with Crippen LogP contribution in [0, 0.1) is 11.6 Å². The summed E-state index contributed by atoms with van der Waals surface area (Å²) in [5.74, 6) is -2.88. The summed E-state index contributed by atoms with van der Waals surface area (Å²) in [6, 6.07) is 4.66. The van der Waals surface area contributed by atoms with Crippen molar-refractivity contribution in [3.8, 4) is 5.75 Å². The molecule has 0 saturated heterocycles. The maximum absolute atomic E-state index is 13.4. The second-order valence-electron chi connectivity index (χ2n) is 3.55. The van der Waals surface area contributed by atoms with Crippen molar-refractivity contribution >= 4 is 15.8 Å². The third kappa shape index (κ3) is 2.79. The molecule has 1 aromatic carbocycles. The van der Waals surface area contributed by atoms with Crippen LogP contribution in [0.2, 0.25) is 0 Å². The molecule has 0 atom stereocenters. The molecule has 0 saturated carbocycles. The highest BCUT2D eigenvalue weighted by molar-refractivity contribution is 7.92. The van der Waals surface area contributed by atoms with E-state index in [1.165, 1.54) is 18.3 Å². The van der Waals surface area contributed by atoms with E-state index in [9.17, 15) is 22.3 Å². The smallest absolute Gasteiger partial charge is 0.266 e. The van der Waals surface area contributed by atoms with Gasteiger partial charge in [0.2, 0.25) is 0 Å². The van der Waals surface area contributed by atoms with Crippen molar-refractivity contribution in [2.24, 2.45) is 0 Å². The highest BCUT2D eigenvalue weighted by atomic mass is 32.2. The van der Waals surface area contributed by atoms with Gasteiger partial charge >= 0.3 is 0 Å². The van der Waals surface area contributed by atoms with Crippen molar-refractivity contribution in [3.05, 3.63) is 48.2 Å². The van der Waals surface area contributed by atoms with Crippen LogP contribution in [0.4, 0.5) is 14.6 Å². The summed E-state index contributed by atoms with van der Waals surface area (Å²) < 4.78 is 51.8.